The van der Waals surface area contributed by atoms with E-state index < -0.39 is 14.8 Å². The van der Waals surface area contributed by atoms with E-state index in [4.69, 9.17) is 5.14 Å². The Balaban J connectivity index is 4.87. The molecule has 0 aromatic carbocycles. The highest BCUT2D eigenvalue weighted by molar-refractivity contribution is 7.90. The van der Waals surface area contributed by atoms with E-state index in [0.717, 1.165) is 77.0 Å². The number of hydrogen-bond donors (Lipinski definition) is 1. The molecule has 0 saturated carbocycles. The van der Waals surface area contributed by atoms with E-state index in [1.165, 1.54) is 0 Å². The van der Waals surface area contributed by atoms with Gasteiger partial charge in [-0.1, -0.05) is 78.6 Å². The van der Waals surface area contributed by atoms with E-state index in [-0.39, 0.29) is 0 Å². The van der Waals surface area contributed by atoms with E-state index in [1.807, 2.05) is 0 Å². The first kappa shape index (κ1) is 19.9. The fourth-order valence-corrected chi connectivity index (χ4v) is 4.18. The summed E-state index contributed by atoms with van der Waals surface area (Å²) in [6, 6.07) is 0. The molecular weight excluding hydrogens is 270 g/mol. The standard InChI is InChI=1S/C16H35NO2S/c1-4-7-10-13-16(20(17,18)19,14-11-8-5-2)15-12-9-6-3/h4-15H2,1-3H3,(H2,17,18,19). The maximum atomic E-state index is 12.2. The molecule has 0 radical (unpaired) electrons. The highest BCUT2D eigenvalue weighted by Crippen LogP contribution is 2.34. The predicted octanol–water partition coefficient (Wildman–Crippen LogP) is 4.75. The largest absolute Gasteiger partial charge is 0.228 e. The van der Waals surface area contributed by atoms with Gasteiger partial charge in [0, 0.05) is 0 Å². The van der Waals surface area contributed by atoms with Crippen LogP contribution in [0.4, 0.5) is 0 Å². The zero-order valence-corrected chi connectivity index (χ0v) is 14.6. The van der Waals surface area contributed by atoms with Crippen LogP contribution in [0.1, 0.15) is 97.8 Å². The summed E-state index contributed by atoms with van der Waals surface area (Å²) in [5.41, 5.74) is 0. The van der Waals surface area contributed by atoms with Gasteiger partial charge in [0.2, 0.25) is 10.0 Å². The van der Waals surface area contributed by atoms with E-state index in [1.54, 1.807) is 0 Å². The zero-order chi connectivity index (χ0) is 15.5. The molecule has 0 bridgehead atoms. The number of hydrogen-bond acceptors (Lipinski definition) is 2. The highest BCUT2D eigenvalue weighted by atomic mass is 32.2. The van der Waals surface area contributed by atoms with Gasteiger partial charge in [0.25, 0.3) is 0 Å². The van der Waals surface area contributed by atoms with Gasteiger partial charge in [0.15, 0.2) is 0 Å². The smallest absolute Gasteiger partial charge is 0.214 e. The van der Waals surface area contributed by atoms with Gasteiger partial charge < -0.3 is 0 Å². The average Bonchev–Trinajstić information content (AvgIpc) is 2.37. The molecule has 0 heterocycles. The van der Waals surface area contributed by atoms with Crippen LogP contribution >= 0.6 is 0 Å². The van der Waals surface area contributed by atoms with E-state index in [0.29, 0.717) is 0 Å². The minimum Gasteiger partial charge on any atom is -0.228 e. The maximum Gasteiger partial charge on any atom is 0.214 e. The molecule has 3 nitrogen and oxygen atoms in total. The maximum absolute atomic E-state index is 12.2. The Morgan fingerprint density at radius 1 is 0.700 bits per heavy atom. The Bertz CT molecular complexity index is 299. The molecule has 0 aliphatic carbocycles. The van der Waals surface area contributed by atoms with E-state index >= 15 is 0 Å². The number of unbranched alkanes of at least 4 members (excludes halogenated alkanes) is 6. The van der Waals surface area contributed by atoms with Gasteiger partial charge in [-0.15, -0.1) is 0 Å². The summed E-state index contributed by atoms with van der Waals surface area (Å²) in [5, 5.41) is 5.63. The Morgan fingerprint density at radius 3 is 1.20 bits per heavy atom. The normalized spacial score (nSPS) is 12.8. The van der Waals surface area contributed by atoms with Crippen molar-refractivity contribution in [1.29, 1.82) is 0 Å². The third kappa shape index (κ3) is 7.07. The summed E-state index contributed by atoms with van der Waals surface area (Å²) in [5.74, 6) is 0. The molecule has 0 aromatic heterocycles. The van der Waals surface area contributed by atoms with Crippen LogP contribution in [-0.4, -0.2) is 13.2 Å². The number of rotatable bonds is 13. The van der Waals surface area contributed by atoms with Gasteiger partial charge in [0.1, 0.15) is 0 Å². The van der Waals surface area contributed by atoms with Crippen LogP contribution in [-0.2, 0) is 10.0 Å². The number of primary sulfonamides is 1. The highest BCUT2D eigenvalue weighted by Gasteiger charge is 2.39. The number of nitrogens with two attached hydrogens (primary N) is 1. The van der Waals surface area contributed by atoms with Gasteiger partial charge in [-0.3, -0.25) is 0 Å². The molecule has 122 valence electrons. The molecule has 2 N–H and O–H groups in total. The topological polar surface area (TPSA) is 60.2 Å². The first-order chi connectivity index (χ1) is 9.43. The fourth-order valence-electron chi connectivity index (χ4n) is 2.89. The van der Waals surface area contributed by atoms with E-state index in [9.17, 15) is 8.42 Å². The van der Waals surface area contributed by atoms with Crippen molar-refractivity contribution < 1.29 is 8.42 Å². The third-order valence-electron chi connectivity index (χ3n) is 4.31. The van der Waals surface area contributed by atoms with Crippen LogP contribution in [0.5, 0.6) is 0 Å². The summed E-state index contributed by atoms with van der Waals surface area (Å²) in [4.78, 5) is 0. The summed E-state index contributed by atoms with van der Waals surface area (Å²) in [7, 11) is -3.47. The second kappa shape index (κ2) is 10.6. The van der Waals surface area contributed by atoms with Crippen molar-refractivity contribution in [1.82, 2.24) is 0 Å². The Kier molecular flexibility index (Phi) is 10.6. The summed E-state index contributed by atoms with van der Waals surface area (Å²) < 4.78 is 23.8. The molecule has 0 aromatic rings. The van der Waals surface area contributed by atoms with Gasteiger partial charge in [-0.2, -0.15) is 0 Å². The fraction of sp³-hybridized carbons (Fsp3) is 1.00. The third-order valence-corrected chi connectivity index (χ3v) is 6.13. The molecule has 0 fully saturated rings. The Labute approximate surface area is 126 Å². The quantitative estimate of drug-likeness (QED) is 0.499. The first-order valence-electron chi connectivity index (χ1n) is 8.46. The molecule has 0 amide bonds. The van der Waals surface area contributed by atoms with Crippen molar-refractivity contribution in [3.8, 4) is 0 Å². The van der Waals surface area contributed by atoms with Crippen LogP contribution in [0.25, 0.3) is 0 Å². The van der Waals surface area contributed by atoms with Crippen molar-refractivity contribution in [2.75, 3.05) is 0 Å². The van der Waals surface area contributed by atoms with Crippen LogP contribution in [0.15, 0.2) is 0 Å². The average molecular weight is 306 g/mol. The number of sulfonamides is 1. The lowest BCUT2D eigenvalue weighted by Crippen LogP contribution is -2.43. The Morgan fingerprint density at radius 2 is 1.00 bits per heavy atom. The minimum atomic E-state index is -3.47. The summed E-state index contributed by atoms with van der Waals surface area (Å²) in [6.45, 7) is 6.44. The van der Waals surface area contributed by atoms with Gasteiger partial charge >= 0.3 is 0 Å². The molecule has 0 spiro atoms. The lowest BCUT2D eigenvalue weighted by molar-refractivity contribution is 0.385. The lowest BCUT2D eigenvalue weighted by atomic mass is 9.89. The molecule has 0 rings (SSSR count). The monoisotopic (exact) mass is 305 g/mol. The van der Waals surface area contributed by atoms with Crippen LogP contribution in [0, 0.1) is 0 Å². The molecule has 20 heavy (non-hydrogen) atoms. The minimum absolute atomic E-state index is 0.660. The molecular formula is C16H35NO2S. The van der Waals surface area contributed by atoms with E-state index in [2.05, 4.69) is 20.8 Å². The molecule has 0 saturated heterocycles. The van der Waals surface area contributed by atoms with Gasteiger partial charge in [-0.05, 0) is 19.3 Å². The zero-order valence-electron chi connectivity index (χ0n) is 13.8. The van der Waals surface area contributed by atoms with Crippen molar-refractivity contribution >= 4 is 10.0 Å². The summed E-state index contributed by atoms with van der Waals surface area (Å²) in [6.07, 6.45) is 11.8. The van der Waals surface area contributed by atoms with Gasteiger partial charge in [0.05, 0.1) is 4.75 Å². The van der Waals surface area contributed by atoms with Gasteiger partial charge in [-0.25, -0.2) is 13.6 Å². The summed E-state index contributed by atoms with van der Waals surface area (Å²) >= 11 is 0. The predicted molar refractivity (Wildman–Crippen MR) is 88.3 cm³/mol. The molecule has 4 heteroatoms. The molecule has 0 unspecified atom stereocenters. The van der Waals surface area contributed by atoms with Crippen LogP contribution in [0.2, 0.25) is 0 Å². The lowest BCUT2D eigenvalue weighted by Gasteiger charge is -2.32. The van der Waals surface area contributed by atoms with Crippen LogP contribution in [0.3, 0.4) is 0 Å². The second-order valence-electron chi connectivity index (χ2n) is 6.10. The second-order valence-corrected chi connectivity index (χ2v) is 8.06. The van der Waals surface area contributed by atoms with Crippen molar-refractivity contribution in [3.05, 3.63) is 0 Å². The van der Waals surface area contributed by atoms with Crippen molar-refractivity contribution in [2.45, 2.75) is 103 Å². The molecule has 0 aliphatic heterocycles. The SMILES string of the molecule is CCCCCC(CCCCC)(CCCCC)S(N)(=O)=O. The van der Waals surface area contributed by atoms with Crippen LogP contribution < -0.4 is 5.14 Å². The molecule has 0 atom stereocenters. The van der Waals surface area contributed by atoms with Crippen molar-refractivity contribution in [2.24, 2.45) is 5.14 Å². The first-order valence-corrected chi connectivity index (χ1v) is 10.0. The molecule has 0 aliphatic rings. The Hall–Kier alpha value is -0.0900. The van der Waals surface area contributed by atoms with Crippen molar-refractivity contribution in [3.63, 3.8) is 0 Å².